The van der Waals surface area contributed by atoms with Crippen LogP contribution in [0.5, 0.6) is 0 Å². The van der Waals surface area contributed by atoms with Crippen LogP contribution in [-0.2, 0) is 17.8 Å². The number of carbonyl (C=O) groups is 3. The molecule has 8 nitrogen and oxygen atoms in total. The van der Waals surface area contributed by atoms with Crippen LogP contribution in [0, 0.1) is 0 Å². The van der Waals surface area contributed by atoms with Crippen molar-refractivity contribution in [3.05, 3.63) is 47.5 Å². The fourth-order valence-corrected chi connectivity index (χ4v) is 2.88. The smallest absolute Gasteiger partial charge is 0.305 e. The summed E-state index contributed by atoms with van der Waals surface area (Å²) in [5.74, 6) is -0.613. The summed E-state index contributed by atoms with van der Waals surface area (Å²) in [6.45, 7) is 0.868. The van der Waals surface area contributed by atoms with Crippen molar-refractivity contribution in [2.45, 2.75) is 32.2 Å². The van der Waals surface area contributed by atoms with Crippen molar-refractivity contribution in [3.63, 3.8) is 0 Å². The molecule has 0 atom stereocenters. The Bertz CT molecular complexity index is 826. The first-order chi connectivity index (χ1) is 12.5. The fraction of sp³-hybridized carbons (Fsp3) is 0.333. The summed E-state index contributed by atoms with van der Waals surface area (Å²) in [4.78, 5) is 39.1. The molecular weight excluding hydrogens is 336 g/mol. The number of hydrogen-bond donors (Lipinski definition) is 3. The van der Waals surface area contributed by atoms with Gasteiger partial charge in [-0.25, -0.2) is 4.98 Å². The Morgan fingerprint density at radius 3 is 2.62 bits per heavy atom. The maximum atomic E-state index is 12.5. The van der Waals surface area contributed by atoms with E-state index in [0.717, 1.165) is 31.6 Å². The molecule has 1 aromatic heterocycles. The van der Waals surface area contributed by atoms with Gasteiger partial charge in [-0.15, -0.1) is 0 Å². The Kier molecular flexibility index (Phi) is 5.31. The summed E-state index contributed by atoms with van der Waals surface area (Å²) >= 11 is 0. The van der Waals surface area contributed by atoms with E-state index in [4.69, 9.17) is 5.11 Å². The van der Waals surface area contributed by atoms with Crippen molar-refractivity contribution in [1.29, 1.82) is 0 Å². The van der Waals surface area contributed by atoms with Crippen LogP contribution < -0.4 is 10.6 Å². The normalized spacial score (nSPS) is 12.9. The Morgan fingerprint density at radius 1 is 1.12 bits per heavy atom. The highest BCUT2D eigenvalue weighted by molar-refractivity contribution is 6.03. The monoisotopic (exact) mass is 356 g/mol. The first-order valence-electron chi connectivity index (χ1n) is 8.50. The molecule has 1 aliphatic rings. The minimum atomic E-state index is -0.967. The van der Waals surface area contributed by atoms with Crippen LogP contribution in [0.3, 0.4) is 0 Å². The first-order valence-corrected chi connectivity index (χ1v) is 8.50. The molecule has 2 heterocycles. The summed E-state index contributed by atoms with van der Waals surface area (Å²) in [6.07, 6.45) is 4.48. The third-order valence-electron chi connectivity index (χ3n) is 4.23. The summed E-state index contributed by atoms with van der Waals surface area (Å²) in [7, 11) is 0. The lowest BCUT2D eigenvalue weighted by atomic mass is 10.1. The van der Waals surface area contributed by atoms with E-state index in [0.29, 0.717) is 16.9 Å². The van der Waals surface area contributed by atoms with E-state index in [1.165, 1.54) is 0 Å². The summed E-state index contributed by atoms with van der Waals surface area (Å²) in [5.41, 5.74) is 1.51. The molecule has 0 aliphatic carbocycles. The predicted octanol–water partition coefficient (Wildman–Crippen LogP) is 1.68. The molecule has 3 rings (SSSR count). The van der Waals surface area contributed by atoms with Gasteiger partial charge in [0.1, 0.15) is 11.5 Å². The third-order valence-corrected chi connectivity index (χ3v) is 4.23. The van der Waals surface area contributed by atoms with Crippen LogP contribution in [0.25, 0.3) is 0 Å². The number of imidazole rings is 1. The van der Waals surface area contributed by atoms with Gasteiger partial charge in [-0.3, -0.25) is 14.4 Å². The maximum Gasteiger partial charge on any atom is 0.305 e. The average molecular weight is 356 g/mol. The van der Waals surface area contributed by atoms with Gasteiger partial charge in [0.2, 0.25) is 0 Å². The van der Waals surface area contributed by atoms with E-state index in [1.54, 1.807) is 30.5 Å². The molecule has 0 unspecified atom stereocenters. The second-order valence-electron chi connectivity index (χ2n) is 6.10. The zero-order valence-corrected chi connectivity index (χ0v) is 14.2. The summed E-state index contributed by atoms with van der Waals surface area (Å²) in [6, 6.07) is 6.43. The molecule has 0 fully saturated rings. The number of rotatable bonds is 6. The molecule has 1 aromatic carbocycles. The van der Waals surface area contributed by atoms with Crippen LogP contribution in [0.2, 0.25) is 0 Å². The highest BCUT2D eigenvalue weighted by atomic mass is 16.4. The van der Waals surface area contributed by atoms with E-state index in [2.05, 4.69) is 15.6 Å². The molecule has 8 heteroatoms. The minimum absolute atomic E-state index is 0.0684. The molecule has 1 aliphatic heterocycles. The van der Waals surface area contributed by atoms with Gasteiger partial charge in [0.15, 0.2) is 0 Å². The molecule has 26 heavy (non-hydrogen) atoms. The van der Waals surface area contributed by atoms with Crippen molar-refractivity contribution in [3.8, 4) is 0 Å². The van der Waals surface area contributed by atoms with Crippen molar-refractivity contribution >= 4 is 23.5 Å². The number of aryl methyl sites for hydroxylation is 1. The zero-order valence-electron chi connectivity index (χ0n) is 14.2. The topological polar surface area (TPSA) is 113 Å². The number of nitrogens with one attached hydrogen (secondary N) is 2. The molecule has 2 aromatic rings. The van der Waals surface area contributed by atoms with Crippen LogP contribution in [0.1, 0.15) is 45.9 Å². The van der Waals surface area contributed by atoms with Gasteiger partial charge in [-0.2, -0.15) is 0 Å². The lowest BCUT2D eigenvalue weighted by molar-refractivity contribution is -0.136. The lowest BCUT2D eigenvalue weighted by Crippen LogP contribution is -2.26. The standard InChI is InChI=1S/C18H20N4O4/c23-16(24)8-9-19-17(25)12-4-6-13(7-5-12)21-18(26)14-11-20-15-3-1-2-10-22(14)15/h4-7,11H,1-3,8-10H2,(H,19,25)(H,21,26)(H,23,24). The third kappa shape index (κ3) is 4.08. The SMILES string of the molecule is O=C(O)CCNC(=O)c1ccc(NC(=O)c2cnc3n2CCCC3)cc1. The molecule has 0 saturated carbocycles. The fourth-order valence-electron chi connectivity index (χ4n) is 2.88. The number of carboxylic acid groups (broad SMARTS) is 1. The number of aliphatic carboxylic acids is 1. The molecule has 0 spiro atoms. The molecule has 136 valence electrons. The Labute approximate surface area is 150 Å². The number of hydrogen-bond acceptors (Lipinski definition) is 4. The maximum absolute atomic E-state index is 12.5. The van der Waals surface area contributed by atoms with Gasteiger partial charge in [-0.05, 0) is 37.1 Å². The zero-order chi connectivity index (χ0) is 18.5. The summed E-state index contributed by atoms with van der Waals surface area (Å²) < 4.78 is 1.95. The van der Waals surface area contributed by atoms with Crippen LogP contribution in [-0.4, -0.2) is 39.0 Å². The van der Waals surface area contributed by atoms with Gasteiger partial charge < -0.3 is 20.3 Å². The van der Waals surface area contributed by atoms with Crippen LogP contribution >= 0.6 is 0 Å². The predicted molar refractivity (Wildman–Crippen MR) is 94.1 cm³/mol. The van der Waals surface area contributed by atoms with Crippen LogP contribution in [0.15, 0.2) is 30.5 Å². The number of anilines is 1. The van der Waals surface area contributed by atoms with Gasteiger partial charge in [-0.1, -0.05) is 0 Å². The Hall–Kier alpha value is -3.16. The van der Waals surface area contributed by atoms with E-state index in [9.17, 15) is 14.4 Å². The second kappa shape index (κ2) is 7.81. The van der Waals surface area contributed by atoms with Crippen molar-refractivity contribution in [2.75, 3.05) is 11.9 Å². The van der Waals surface area contributed by atoms with Crippen LogP contribution in [0.4, 0.5) is 5.69 Å². The largest absolute Gasteiger partial charge is 0.481 e. The molecular formula is C18H20N4O4. The molecule has 2 amide bonds. The number of benzene rings is 1. The number of amides is 2. The minimum Gasteiger partial charge on any atom is -0.481 e. The van der Waals surface area contributed by atoms with Crippen molar-refractivity contribution in [1.82, 2.24) is 14.9 Å². The quantitative estimate of drug-likeness (QED) is 0.729. The van der Waals surface area contributed by atoms with Gasteiger partial charge in [0.05, 0.1) is 12.6 Å². The Balaban J connectivity index is 1.60. The molecule has 3 N–H and O–H groups in total. The Morgan fingerprint density at radius 2 is 1.88 bits per heavy atom. The van der Waals surface area contributed by atoms with E-state index >= 15 is 0 Å². The lowest BCUT2D eigenvalue weighted by Gasteiger charge is -2.16. The molecule has 0 saturated heterocycles. The average Bonchev–Trinajstić information content (AvgIpc) is 3.06. The number of carboxylic acids is 1. The number of fused-ring (bicyclic) bond motifs is 1. The highest BCUT2D eigenvalue weighted by Gasteiger charge is 2.19. The number of nitrogens with zero attached hydrogens (tertiary/aromatic N) is 2. The van der Waals surface area contributed by atoms with Crippen molar-refractivity contribution < 1.29 is 19.5 Å². The first kappa shape index (κ1) is 17.7. The highest BCUT2D eigenvalue weighted by Crippen LogP contribution is 2.17. The molecule has 0 bridgehead atoms. The number of aromatic nitrogens is 2. The van der Waals surface area contributed by atoms with Gasteiger partial charge in [0, 0.05) is 30.8 Å². The van der Waals surface area contributed by atoms with E-state index in [1.807, 2.05) is 4.57 Å². The second-order valence-corrected chi connectivity index (χ2v) is 6.10. The van der Waals surface area contributed by atoms with E-state index < -0.39 is 5.97 Å². The van der Waals surface area contributed by atoms with Gasteiger partial charge >= 0.3 is 5.97 Å². The van der Waals surface area contributed by atoms with E-state index in [-0.39, 0.29) is 24.8 Å². The molecule has 0 radical (unpaired) electrons. The van der Waals surface area contributed by atoms with Crippen molar-refractivity contribution in [2.24, 2.45) is 0 Å². The summed E-state index contributed by atoms with van der Waals surface area (Å²) in [5, 5.41) is 13.9. The number of carbonyl (C=O) groups excluding carboxylic acids is 2. The van der Waals surface area contributed by atoms with Gasteiger partial charge in [0.25, 0.3) is 11.8 Å².